The van der Waals surface area contributed by atoms with Gasteiger partial charge < -0.3 is 14.0 Å². The monoisotopic (exact) mass is 203 g/mol. The predicted octanol–water partition coefficient (Wildman–Crippen LogP) is 0.451. The minimum absolute atomic E-state index is 0.401. The average molecular weight is 203 g/mol. The smallest absolute Gasteiger partial charge is 0.335 e. The summed E-state index contributed by atoms with van der Waals surface area (Å²) in [6.07, 6.45) is 0. The fourth-order valence-corrected chi connectivity index (χ4v) is 1.34. The topological polar surface area (TPSA) is 58.4 Å². The summed E-state index contributed by atoms with van der Waals surface area (Å²) in [5.74, 6) is 1.05. The van der Waals surface area contributed by atoms with Gasteiger partial charge in [0.15, 0.2) is 11.5 Å². The summed E-state index contributed by atoms with van der Waals surface area (Å²) >= 11 is -1.74. The third kappa shape index (κ3) is 2.19. The van der Waals surface area contributed by atoms with Crippen molar-refractivity contribution < 1.29 is 18.2 Å². The first kappa shape index (κ1) is 10.0. The second-order valence-electron chi connectivity index (χ2n) is 2.29. The van der Waals surface area contributed by atoms with Gasteiger partial charge in [-0.1, -0.05) is 0 Å². The van der Waals surface area contributed by atoms with Crippen molar-refractivity contribution in [1.82, 2.24) is 0 Å². The summed E-state index contributed by atoms with van der Waals surface area (Å²) in [6, 6.07) is 4.73. The lowest BCUT2D eigenvalue weighted by atomic mass is 10.3. The van der Waals surface area contributed by atoms with Crippen molar-refractivity contribution >= 4 is 11.1 Å². The molecule has 0 radical (unpaired) electrons. The Balaban J connectivity index is 3.13. The van der Waals surface area contributed by atoms with Crippen LogP contribution in [0.15, 0.2) is 23.1 Å². The molecule has 0 fully saturated rings. The van der Waals surface area contributed by atoms with Crippen LogP contribution >= 0.6 is 0 Å². The summed E-state index contributed by atoms with van der Waals surface area (Å²) in [5.41, 5.74) is 0. The SMILES string of the molecule is COc1ccc(S(=O)[OH2+])cc1OC. The summed E-state index contributed by atoms with van der Waals surface area (Å²) in [5, 5.41) is 0. The van der Waals surface area contributed by atoms with Crippen molar-refractivity contribution in [1.29, 1.82) is 0 Å². The lowest BCUT2D eigenvalue weighted by Crippen LogP contribution is -1.93. The molecule has 13 heavy (non-hydrogen) atoms. The Morgan fingerprint density at radius 3 is 2.31 bits per heavy atom. The number of ether oxygens (including phenoxy) is 2. The highest BCUT2D eigenvalue weighted by molar-refractivity contribution is 7.79. The first-order valence-electron chi connectivity index (χ1n) is 3.54. The van der Waals surface area contributed by atoms with E-state index < -0.39 is 11.1 Å². The second kappa shape index (κ2) is 4.25. The summed E-state index contributed by atoms with van der Waals surface area (Å²) in [6.45, 7) is 0. The number of methoxy groups -OCH3 is 2. The van der Waals surface area contributed by atoms with Crippen LogP contribution in [0.3, 0.4) is 0 Å². The van der Waals surface area contributed by atoms with Crippen LogP contribution in [-0.4, -0.2) is 23.0 Å². The fraction of sp³-hybridized carbons (Fsp3) is 0.250. The molecular weight excluding hydrogens is 192 g/mol. The Labute approximate surface area is 78.8 Å². The lowest BCUT2D eigenvalue weighted by molar-refractivity contribution is 0.354. The quantitative estimate of drug-likeness (QED) is 0.670. The Kier molecular flexibility index (Phi) is 3.27. The highest BCUT2D eigenvalue weighted by Gasteiger charge is 2.10. The molecule has 1 aromatic rings. The van der Waals surface area contributed by atoms with Gasteiger partial charge in [0, 0.05) is 6.07 Å². The van der Waals surface area contributed by atoms with E-state index in [0.29, 0.717) is 16.4 Å². The minimum Gasteiger partial charge on any atom is -0.493 e. The van der Waals surface area contributed by atoms with E-state index in [9.17, 15) is 4.21 Å². The van der Waals surface area contributed by atoms with E-state index in [1.807, 2.05) is 0 Å². The Morgan fingerprint density at radius 1 is 1.23 bits per heavy atom. The van der Waals surface area contributed by atoms with Crippen LogP contribution in [0.5, 0.6) is 11.5 Å². The van der Waals surface area contributed by atoms with Crippen molar-refractivity contribution in [2.45, 2.75) is 4.90 Å². The molecular formula is C8H11O4S+. The maximum Gasteiger partial charge on any atom is 0.335 e. The molecule has 0 heterocycles. The third-order valence-electron chi connectivity index (χ3n) is 1.57. The molecule has 4 nitrogen and oxygen atoms in total. The van der Waals surface area contributed by atoms with Gasteiger partial charge in [-0.05, 0) is 12.1 Å². The highest BCUT2D eigenvalue weighted by Crippen LogP contribution is 2.28. The zero-order valence-electron chi connectivity index (χ0n) is 7.37. The standard InChI is InChI=1S/C8H10O4S/c1-11-7-4-3-6(13(9)10)5-8(7)12-2/h3-5H,1-2H3,(H,9,10)/p+1. The molecule has 0 aliphatic rings. The van der Waals surface area contributed by atoms with Crippen molar-refractivity contribution in [2.24, 2.45) is 0 Å². The largest absolute Gasteiger partial charge is 0.493 e. The molecule has 0 saturated carbocycles. The maximum absolute atomic E-state index is 10.8. The number of hydrogen-bond acceptors (Lipinski definition) is 3. The van der Waals surface area contributed by atoms with Crippen molar-refractivity contribution in [3.8, 4) is 11.5 Å². The number of benzene rings is 1. The van der Waals surface area contributed by atoms with E-state index in [1.54, 1.807) is 12.1 Å². The van der Waals surface area contributed by atoms with E-state index in [0.717, 1.165) is 0 Å². The fourth-order valence-electron chi connectivity index (χ4n) is 0.932. The number of hydrogen-bond donors (Lipinski definition) is 0. The summed E-state index contributed by atoms with van der Waals surface area (Å²) < 4.78 is 27.8. The molecule has 5 heteroatoms. The molecule has 72 valence electrons. The Hall–Kier alpha value is -1.07. The van der Waals surface area contributed by atoms with E-state index >= 15 is 0 Å². The molecule has 1 atom stereocenters. The maximum atomic E-state index is 10.8. The van der Waals surface area contributed by atoms with Gasteiger partial charge in [0.2, 0.25) is 0 Å². The molecule has 0 bridgehead atoms. The summed E-state index contributed by atoms with van der Waals surface area (Å²) in [7, 11) is 3.02. The van der Waals surface area contributed by atoms with Gasteiger partial charge in [-0.25, -0.2) is 0 Å². The van der Waals surface area contributed by atoms with E-state index in [-0.39, 0.29) is 0 Å². The van der Waals surface area contributed by atoms with E-state index in [4.69, 9.17) is 14.0 Å². The highest BCUT2D eigenvalue weighted by atomic mass is 32.2. The molecule has 1 aromatic carbocycles. The van der Waals surface area contributed by atoms with Gasteiger partial charge in [0.1, 0.15) is 4.90 Å². The molecule has 2 N–H and O–H groups in total. The normalized spacial score (nSPS) is 12.2. The van der Waals surface area contributed by atoms with Crippen LogP contribution in [0.4, 0.5) is 0 Å². The molecule has 0 aliphatic heterocycles. The Morgan fingerprint density at radius 2 is 1.85 bits per heavy atom. The van der Waals surface area contributed by atoms with Crippen LogP contribution in [0.2, 0.25) is 0 Å². The van der Waals surface area contributed by atoms with Crippen molar-refractivity contribution in [3.63, 3.8) is 0 Å². The molecule has 0 amide bonds. The summed E-state index contributed by atoms with van der Waals surface area (Å²) in [4.78, 5) is 0.401. The minimum atomic E-state index is -1.74. The van der Waals surface area contributed by atoms with Crippen LogP contribution in [0, 0.1) is 0 Å². The molecule has 0 aliphatic carbocycles. The Bertz CT molecular complexity index is 324. The van der Waals surface area contributed by atoms with Crippen molar-refractivity contribution in [3.05, 3.63) is 18.2 Å². The first-order chi connectivity index (χ1) is 6.19. The van der Waals surface area contributed by atoms with Crippen LogP contribution in [0.25, 0.3) is 0 Å². The first-order valence-corrected chi connectivity index (χ1v) is 4.69. The second-order valence-corrected chi connectivity index (χ2v) is 3.29. The molecule has 1 rings (SSSR count). The van der Waals surface area contributed by atoms with Gasteiger partial charge >= 0.3 is 11.1 Å². The zero-order valence-corrected chi connectivity index (χ0v) is 8.18. The zero-order chi connectivity index (χ0) is 9.84. The van der Waals surface area contributed by atoms with E-state index in [2.05, 4.69) is 0 Å². The molecule has 0 aromatic heterocycles. The van der Waals surface area contributed by atoms with Crippen molar-refractivity contribution in [2.75, 3.05) is 14.2 Å². The van der Waals surface area contributed by atoms with Crippen LogP contribution in [0.1, 0.15) is 0 Å². The average Bonchev–Trinajstić information content (AvgIpc) is 2.16. The van der Waals surface area contributed by atoms with Gasteiger partial charge in [-0.3, -0.25) is 0 Å². The van der Waals surface area contributed by atoms with Crippen LogP contribution in [-0.2, 0) is 11.1 Å². The van der Waals surface area contributed by atoms with Crippen LogP contribution < -0.4 is 9.47 Å². The van der Waals surface area contributed by atoms with Gasteiger partial charge in [-0.15, -0.1) is 0 Å². The van der Waals surface area contributed by atoms with Gasteiger partial charge in [0.25, 0.3) is 0 Å². The van der Waals surface area contributed by atoms with Gasteiger partial charge in [-0.2, -0.15) is 4.21 Å². The van der Waals surface area contributed by atoms with Gasteiger partial charge in [0.05, 0.1) is 14.2 Å². The number of rotatable bonds is 3. The molecule has 0 spiro atoms. The molecule has 0 saturated heterocycles. The third-order valence-corrected chi connectivity index (χ3v) is 2.25. The predicted molar refractivity (Wildman–Crippen MR) is 49.6 cm³/mol. The molecule has 1 unspecified atom stereocenters. The van der Waals surface area contributed by atoms with E-state index in [1.165, 1.54) is 20.3 Å². The lowest BCUT2D eigenvalue weighted by Gasteiger charge is -2.06.